The summed E-state index contributed by atoms with van der Waals surface area (Å²) in [7, 11) is 0. The van der Waals surface area contributed by atoms with Crippen LogP contribution in [-0.2, 0) is 0 Å². The molecule has 1 fully saturated rings. The van der Waals surface area contributed by atoms with E-state index in [4.69, 9.17) is 0 Å². The van der Waals surface area contributed by atoms with Crippen molar-refractivity contribution in [3.63, 3.8) is 0 Å². The molecule has 0 spiro atoms. The average Bonchev–Trinajstić information content (AvgIpc) is 3.23. The molecular weight excluding hydrogens is 314 g/mol. The van der Waals surface area contributed by atoms with E-state index >= 15 is 0 Å². The second-order valence-electron chi connectivity index (χ2n) is 5.58. The van der Waals surface area contributed by atoms with Gasteiger partial charge in [0.15, 0.2) is 0 Å². The summed E-state index contributed by atoms with van der Waals surface area (Å²) in [4.78, 5) is 24.5. The van der Waals surface area contributed by atoms with Crippen LogP contribution in [0.2, 0.25) is 0 Å². The van der Waals surface area contributed by atoms with Gasteiger partial charge in [0.05, 0.1) is 10.5 Å². The van der Waals surface area contributed by atoms with Crippen LogP contribution < -0.4 is 10.2 Å². The van der Waals surface area contributed by atoms with E-state index in [-0.39, 0.29) is 10.9 Å². The first kappa shape index (κ1) is 15.5. The standard InChI is InChI=1S/C16H17N3O3S/c20-16(13-8-15(19(21)22)23-11-13)17-9-12-6-7-18(10-12)14-4-2-1-3-5-14/h1-5,8,11-12H,6-7,9-10H2,(H,17,20)/t12-/m1/s1. The molecule has 23 heavy (non-hydrogen) atoms. The van der Waals surface area contributed by atoms with Crippen molar-refractivity contribution in [2.75, 3.05) is 24.5 Å². The van der Waals surface area contributed by atoms with Gasteiger partial charge in [0, 0.05) is 36.8 Å². The molecule has 6 nitrogen and oxygen atoms in total. The third-order valence-electron chi connectivity index (χ3n) is 3.99. The second-order valence-corrected chi connectivity index (χ2v) is 6.47. The van der Waals surface area contributed by atoms with E-state index in [2.05, 4.69) is 22.3 Å². The Balaban J connectivity index is 1.51. The normalized spacial score (nSPS) is 17.2. The third-order valence-corrected chi connectivity index (χ3v) is 4.87. The van der Waals surface area contributed by atoms with Gasteiger partial charge in [0.1, 0.15) is 0 Å². The predicted molar refractivity (Wildman–Crippen MR) is 90.1 cm³/mol. The Morgan fingerprint density at radius 3 is 2.87 bits per heavy atom. The Hall–Kier alpha value is -2.41. The number of rotatable bonds is 5. The van der Waals surface area contributed by atoms with Gasteiger partial charge in [-0.25, -0.2) is 0 Å². The van der Waals surface area contributed by atoms with E-state index in [1.807, 2.05) is 18.2 Å². The number of benzene rings is 1. The van der Waals surface area contributed by atoms with Crippen LogP contribution in [-0.4, -0.2) is 30.5 Å². The molecule has 1 amide bonds. The first-order valence-electron chi connectivity index (χ1n) is 7.44. The number of nitrogens with zero attached hydrogens (tertiary/aromatic N) is 2. The molecule has 1 atom stereocenters. The van der Waals surface area contributed by atoms with Crippen molar-refractivity contribution in [3.8, 4) is 0 Å². The topological polar surface area (TPSA) is 75.5 Å². The zero-order valence-electron chi connectivity index (χ0n) is 12.5. The lowest BCUT2D eigenvalue weighted by atomic mass is 10.1. The minimum atomic E-state index is -0.476. The number of nitro groups is 1. The van der Waals surface area contributed by atoms with Crippen molar-refractivity contribution < 1.29 is 9.72 Å². The Morgan fingerprint density at radius 1 is 1.39 bits per heavy atom. The molecule has 0 aliphatic carbocycles. The van der Waals surface area contributed by atoms with Crippen LogP contribution in [0.25, 0.3) is 0 Å². The summed E-state index contributed by atoms with van der Waals surface area (Å²) in [5.41, 5.74) is 1.56. The number of carbonyl (C=O) groups excluding carboxylic acids is 1. The molecule has 3 rings (SSSR count). The van der Waals surface area contributed by atoms with Crippen LogP contribution in [0.5, 0.6) is 0 Å². The lowest BCUT2D eigenvalue weighted by molar-refractivity contribution is -0.380. The molecule has 0 radical (unpaired) electrons. The van der Waals surface area contributed by atoms with Crippen LogP contribution in [0.3, 0.4) is 0 Å². The minimum Gasteiger partial charge on any atom is -0.371 e. The van der Waals surface area contributed by atoms with E-state index in [9.17, 15) is 14.9 Å². The van der Waals surface area contributed by atoms with Gasteiger partial charge < -0.3 is 10.2 Å². The van der Waals surface area contributed by atoms with E-state index in [1.54, 1.807) is 0 Å². The zero-order chi connectivity index (χ0) is 16.2. The molecule has 120 valence electrons. The Morgan fingerprint density at radius 2 is 2.17 bits per heavy atom. The molecule has 0 saturated carbocycles. The molecule has 0 bridgehead atoms. The maximum atomic E-state index is 12.0. The van der Waals surface area contributed by atoms with Gasteiger partial charge in [-0.3, -0.25) is 14.9 Å². The Labute approximate surface area is 137 Å². The monoisotopic (exact) mass is 331 g/mol. The Bertz CT molecular complexity index is 702. The van der Waals surface area contributed by atoms with Crippen molar-refractivity contribution in [2.45, 2.75) is 6.42 Å². The summed E-state index contributed by atoms with van der Waals surface area (Å²) in [5.74, 6) is 0.153. The number of hydrogen-bond donors (Lipinski definition) is 1. The predicted octanol–water partition coefficient (Wildman–Crippen LogP) is 2.91. The van der Waals surface area contributed by atoms with Crippen LogP contribution >= 0.6 is 11.3 Å². The molecule has 1 aromatic carbocycles. The fraction of sp³-hybridized carbons (Fsp3) is 0.312. The number of carbonyl (C=O) groups is 1. The van der Waals surface area contributed by atoms with Gasteiger partial charge in [-0.1, -0.05) is 29.5 Å². The number of thiophene rings is 1. The number of nitrogens with one attached hydrogen (secondary N) is 1. The summed E-state index contributed by atoms with van der Waals surface area (Å²) in [6.45, 7) is 2.48. The third kappa shape index (κ3) is 3.68. The highest BCUT2D eigenvalue weighted by atomic mass is 32.1. The summed E-state index contributed by atoms with van der Waals surface area (Å²) in [6, 6.07) is 11.5. The van der Waals surface area contributed by atoms with Gasteiger partial charge in [-0.2, -0.15) is 0 Å². The lowest BCUT2D eigenvalue weighted by Crippen LogP contribution is -2.30. The van der Waals surface area contributed by atoms with E-state index < -0.39 is 4.92 Å². The highest BCUT2D eigenvalue weighted by molar-refractivity contribution is 7.13. The maximum absolute atomic E-state index is 12.0. The van der Waals surface area contributed by atoms with Gasteiger partial charge in [0.25, 0.3) is 5.91 Å². The molecule has 1 aromatic heterocycles. The van der Waals surface area contributed by atoms with Gasteiger partial charge in [0.2, 0.25) is 0 Å². The number of anilines is 1. The molecule has 1 N–H and O–H groups in total. The Kier molecular flexibility index (Phi) is 4.57. The average molecular weight is 331 g/mol. The first-order chi connectivity index (χ1) is 11.1. The van der Waals surface area contributed by atoms with Crippen molar-refractivity contribution in [2.24, 2.45) is 5.92 Å². The van der Waals surface area contributed by atoms with Gasteiger partial charge >= 0.3 is 5.00 Å². The van der Waals surface area contributed by atoms with E-state index in [0.717, 1.165) is 30.8 Å². The number of hydrogen-bond acceptors (Lipinski definition) is 5. The summed E-state index contributed by atoms with van der Waals surface area (Å²) < 4.78 is 0. The quantitative estimate of drug-likeness (QED) is 0.675. The van der Waals surface area contributed by atoms with Crippen LogP contribution in [0.4, 0.5) is 10.7 Å². The summed E-state index contributed by atoms with van der Waals surface area (Å²) in [6.07, 6.45) is 1.03. The van der Waals surface area contributed by atoms with Crippen LogP contribution in [0.15, 0.2) is 41.8 Å². The van der Waals surface area contributed by atoms with Crippen molar-refractivity contribution >= 4 is 27.9 Å². The highest BCUT2D eigenvalue weighted by Gasteiger charge is 2.23. The highest BCUT2D eigenvalue weighted by Crippen LogP contribution is 2.24. The molecular formula is C16H17N3O3S. The van der Waals surface area contributed by atoms with Crippen molar-refractivity contribution in [1.82, 2.24) is 5.32 Å². The molecule has 2 heterocycles. The zero-order valence-corrected chi connectivity index (χ0v) is 13.3. The van der Waals surface area contributed by atoms with Gasteiger partial charge in [-0.15, -0.1) is 0 Å². The molecule has 1 saturated heterocycles. The minimum absolute atomic E-state index is 0.00808. The van der Waals surface area contributed by atoms with Crippen molar-refractivity contribution in [3.05, 3.63) is 57.5 Å². The molecule has 2 aromatic rings. The van der Waals surface area contributed by atoms with Crippen LogP contribution in [0.1, 0.15) is 16.8 Å². The molecule has 1 aliphatic rings. The van der Waals surface area contributed by atoms with E-state index in [0.29, 0.717) is 18.0 Å². The SMILES string of the molecule is O=C(NC[C@H]1CCN(c2ccccc2)C1)c1csc([N+](=O)[O-])c1. The first-order valence-corrected chi connectivity index (χ1v) is 8.32. The fourth-order valence-electron chi connectivity index (χ4n) is 2.75. The lowest BCUT2D eigenvalue weighted by Gasteiger charge is -2.18. The van der Waals surface area contributed by atoms with E-state index in [1.165, 1.54) is 17.1 Å². The second kappa shape index (κ2) is 6.78. The summed E-state index contributed by atoms with van der Waals surface area (Å²) >= 11 is 0.974. The molecule has 7 heteroatoms. The number of amides is 1. The maximum Gasteiger partial charge on any atom is 0.324 e. The van der Waals surface area contributed by atoms with Crippen LogP contribution in [0, 0.1) is 16.0 Å². The van der Waals surface area contributed by atoms with Crippen molar-refractivity contribution in [1.29, 1.82) is 0 Å². The van der Waals surface area contributed by atoms with Gasteiger partial charge in [-0.05, 0) is 24.5 Å². The summed E-state index contributed by atoms with van der Waals surface area (Å²) in [5, 5.41) is 15.1. The molecule has 1 aliphatic heterocycles. The smallest absolute Gasteiger partial charge is 0.324 e. The largest absolute Gasteiger partial charge is 0.371 e. The fourth-order valence-corrected chi connectivity index (χ4v) is 3.46. The number of para-hydroxylation sites is 1. The molecule has 0 unspecified atom stereocenters.